The van der Waals surface area contributed by atoms with Gasteiger partial charge in [-0.2, -0.15) is 0 Å². The van der Waals surface area contributed by atoms with Crippen LogP contribution in [0.15, 0.2) is 42.6 Å². The standard InChI is InChI=1S/C16H20N4O/c1-12-15(10-13(17)11-19-12)16(21)18-8-9-20(2)14-6-4-3-5-7-14/h3-7,10-11H,8-9,17H2,1-2H3,(H,18,21). The lowest BCUT2D eigenvalue weighted by Crippen LogP contribution is -2.33. The van der Waals surface area contributed by atoms with Crippen molar-refractivity contribution in [2.75, 3.05) is 30.8 Å². The zero-order valence-corrected chi connectivity index (χ0v) is 12.3. The number of nitrogen functional groups attached to an aromatic ring is 1. The number of hydrogen-bond donors (Lipinski definition) is 2. The van der Waals surface area contributed by atoms with Gasteiger partial charge < -0.3 is 16.0 Å². The highest BCUT2D eigenvalue weighted by atomic mass is 16.1. The predicted molar refractivity (Wildman–Crippen MR) is 85.4 cm³/mol. The van der Waals surface area contributed by atoms with Crippen molar-refractivity contribution in [3.05, 3.63) is 53.9 Å². The number of carbonyl (C=O) groups excluding carboxylic acids is 1. The van der Waals surface area contributed by atoms with Gasteiger partial charge in [-0.05, 0) is 25.1 Å². The van der Waals surface area contributed by atoms with Crippen LogP contribution >= 0.6 is 0 Å². The van der Waals surface area contributed by atoms with Crippen molar-refractivity contribution in [2.45, 2.75) is 6.92 Å². The Bertz CT molecular complexity index is 613. The van der Waals surface area contributed by atoms with Crippen LogP contribution in [0.5, 0.6) is 0 Å². The van der Waals surface area contributed by atoms with Crippen molar-refractivity contribution >= 4 is 17.3 Å². The number of carbonyl (C=O) groups is 1. The molecule has 0 bridgehead atoms. The number of pyridine rings is 1. The Balaban J connectivity index is 1.88. The molecule has 0 saturated carbocycles. The van der Waals surface area contributed by atoms with Crippen LogP contribution in [-0.4, -0.2) is 31.0 Å². The van der Waals surface area contributed by atoms with Crippen LogP contribution < -0.4 is 16.0 Å². The Morgan fingerprint density at radius 1 is 1.33 bits per heavy atom. The summed E-state index contributed by atoms with van der Waals surface area (Å²) >= 11 is 0. The molecule has 0 aliphatic carbocycles. The number of hydrogen-bond acceptors (Lipinski definition) is 4. The number of aryl methyl sites for hydroxylation is 1. The van der Waals surface area contributed by atoms with Gasteiger partial charge in [0.15, 0.2) is 0 Å². The minimum Gasteiger partial charge on any atom is -0.397 e. The molecule has 0 radical (unpaired) electrons. The third kappa shape index (κ3) is 3.95. The number of benzene rings is 1. The highest BCUT2D eigenvalue weighted by molar-refractivity contribution is 5.95. The lowest BCUT2D eigenvalue weighted by Gasteiger charge is -2.19. The van der Waals surface area contributed by atoms with Crippen molar-refractivity contribution in [2.24, 2.45) is 0 Å². The highest BCUT2D eigenvalue weighted by Crippen LogP contribution is 2.11. The Morgan fingerprint density at radius 2 is 2.05 bits per heavy atom. The third-order valence-corrected chi connectivity index (χ3v) is 3.28. The van der Waals surface area contributed by atoms with Crippen LogP contribution in [0.3, 0.4) is 0 Å². The fourth-order valence-electron chi connectivity index (χ4n) is 2.02. The maximum atomic E-state index is 12.1. The molecule has 21 heavy (non-hydrogen) atoms. The molecule has 0 atom stereocenters. The second kappa shape index (κ2) is 6.74. The van der Waals surface area contributed by atoms with E-state index < -0.39 is 0 Å². The smallest absolute Gasteiger partial charge is 0.253 e. The van der Waals surface area contributed by atoms with Crippen molar-refractivity contribution in [1.29, 1.82) is 0 Å². The fraction of sp³-hybridized carbons (Fsp3) is 0.250. The predicted octanol–water partition coefficient (Wildman–Crippen LogP) is 1.84. The van der Waals surface area contributed by atoms with E-state index in [2.05, 4.69) is 15.2 Å². The first-order chi connectivity index (χ1) is 10.1. The van der Waals surface area contributed by atoms with E-state index in [4.69, 9.17) is 5.73 Å². The summed E-state index contributed by atoms with van der Waals surface area (Å²) in [6, 6.07) is 11.7. The fourth-order valence-corrected chi connectivity index (χ4v) is 2.02. The molecule has 1 heterocycles. The number of likely N-dealkylation sites (N-methyl/N-ethyl adjacent to an activating group) is 1. The summed E-state index contributed by atoms with van der Waals surface area (Å²) in [6.45, 7) is 3.08. The Labute approximate surface area is 124 Å². The number of nitrogens with one attached hydrogen (secondary N) is 1. The van der Waals surface area contributed by atoms with E-state index in [1.807, 2.05) is 37.4 Å². The maximum absolute atomic E-state index is 12.1. The molecule has 0 aliphatic heterocycles. The molecule has 2 rings (SSSR count). The zero-order valence-electron chi connectivity index (χ0n) is 12.3. The van der Waals surface area contributed by atoms with Gasteiger partial charge in [-0.1, -0.05) is 18.2 Å². The molecule has 3 N–H and O–H groups in total. The van der Waals surface area contributed by atoms with Crippen molar-refractivity contribution < 1.29 is 4.79 Å². The van der Waals surface area contributed by atoms with E-state index in [0.717, 1.165) is 12.2 Å². The summed E-state index contributed by atoms with van der Waals surface area (Å²) in [5.74, 6) is -0.145. The third-order valence-electron chi connectivity index (χ3n) is 3.28. The molecule has 0 spiro atoms. The SMILES string of the molecule is Cc1ncc(N)cc1C(=O)NCCN(C)c1ccccc1. The number of nitrogens with two attached hydrogens (primary N) is 1. The number of para-hydroxylation sites is 1. The highest BCUT2D eigenvalue weighted by Gasteiger charge is 2.10. The van der Waals surface area contributed by atoms with Gasteiger partial charge in [0.2, 0.25) is 0 Å². The maximum Gasteiger partial charge on any atom is 0.253 e. The van der Waals surface area contributed by atoms with Crippen LogP contribution in [0.4, 0.5) is 11.4 Å². The van der Waals surface area contributed by atoms with Gasteiger partial charge in [-0.3, -0.25) is 9.78 Å². The van der Waals surface area contributed by atoms with Gasteiger partial charge in [-0.25, -0.2) is 0 Å². The van der Waals surface area contributed by atoms with E-state index in [1.165, 1.54) is 0 Å². The van der Waals surface area contributed by atoms with Gasteiger partial charge in [-0.15, -0.1) is 0 Å². The number of amides is 1. The van der Waals surface area contributed by atoms with Gasteiger partial charge in [0.05, 0.1) is 23.1 Å². The lowest BCUT2D eigenvalue weighted by molar-refractivity contribution is 0.0953. The summed E-state index contributed by atoms with van der Waals surface area (Å²) in [6.07, 6.45) is 1.55. The molecular formula is C16H20N4O. The largest absolute Gasteiger partial charge is 0.397 e. The average molecular weight is 284 g/mol. The second-order valence-electron chi connectivity index (χ2n) is 4.91. The monoisotopic (exact) mass is 284 g/mol. The first-order valence-corrected chi connectivity index (χ1v) is 6.84. The molecule has 0 unspecified atom stereocenters. The van der Waals surface area contributed by atoms with E-state index in [0.29, 0.717) is 23.5 Å². The van der Waals surface area contributed by atoms with Crippen LogP contribution in [0, 0.1) is 6.92 Å². The summed E-state index contributed by atoms with van der Waals surface area (Å²) in [7, 11) is 1.99. The Morgan fingerprint density at radius 3 is 2.76 bits per heavy atom. The molecule has 1 aromatic carbocycles. The number of nitrogens with zero attached hydrogens (tertiary/aromatic N) is 2. The first kappa shape index (κ1) is 14.8. The topological polar surface area (TPSA) is 71.2 Å². The normalized spacial score (nSPS) is 10.2. The Hall–Kier alpha value is -2.56. The molecule has 5 nitrogen and oxygen atoms in total. The van der Waals surface area contributed by atoms with Gasteiger partial charge in [0.1, 0.15) is 0 Å². The summed E-state index contributed by atoms with van der Waals surface area (Å²) < 4.78 is 0. The van der Waals surface area contributed by atoms with E-state index in [9.17, 15) is 4.79 Å². The summed E-state index contributed by atoms with van der Waals surface area (Å²) in [4.78, 5) is 18.3. The number of rotatable bonds is 5. The Kier molecular flexibility index (Phi) is 4.77. The first-order valence-electron chi connectivity index (χ1n) is 6.84. The van der Waals surface area contributed by atoms with E-state index in [-0.39, 0.29) is 5.91 Å². The van der Waals surface area contributed by atoms with Crippen LogP contribution in [0.2, 0.25) is 0 Å². The van der Waals surface area contributed by atoms with Crippen LogP contribution in [-0.2, 0) is 0 Å². The number of anilines is 2. The van der Waals surface area contributed by atoms with E-state index >= 15 is 0 Å². The van der Waals surface area contributed by atoms with E-state index in [1.54, 1.807) is 19.2 Å². The quantitative estimate of drug-likeness (QED) is 0.879. The molecule has 2 aromatic rings. The van der Waals surface area contributed by atoms with Crippen LogP contribution in [0.25, 0.3) is 0 Å². The zero-order chi connectivity index (χ0) is 15.2. The van der Waals surface area contributed by atoms with Gasteiger partial charge in [0, 0.05) is 25.8 Å². The molecule has 0 aliphatic rings. The second-order valence-corrected chi connectivity index (χ2v) is 4.91. The van der Waals surface area contributed by atoms with Gasteiger partial charge in [0.25, 0.3) is 5.91 Å². The minimum absolute atomic E-state index is 0.145. The average Bonchev–Trinajstić information content (AvgIpc) is 2.50. The van der Waals surface area contributed by atoms with Crippen molar-refractivity contribution in [3.63, 3.8) is 0 Å². The van der Waals surface area contributed by atoms with Crippen molar-refractivity contribution in [3.8, 4) is 0 Å². The van der Waals surface area contributed by atoms with Crippen molar-refractivity contribution in [1.82, 2.24) is 10.3 Å². The lowest BCUT2D eigenvalue weighted by atomic mass is 10.2. The molecule has 5 heteroatoms. The molecule has 110 valence electrons. The molecule has 1 aromatic heterocycles. The summed E-state index contributed by atoms with van der Waals surface area (Å²) in [5, 5.41) is 2.89. The van der Waals surface area contributed by atoms with Crippen LogP contribution in [0.1, 0.15) is 16.1 Å². The molecular weight excluding hydrogens is 264 g/mol. The molecule has 1 amide bonds. The summed E-state index contributed by atoms with van der Waals surface area (Å²) in [5.41, 5.74) is 8.48. The minimum atomic E-state index is -0.145. The van der Waals surface area contributed by atoms with Gasteiger partial charge >= 0.3 is 0 Å². The number of aromatic nitrogens is 1. The molecule has 0 saturated heterocycles. The molecule has 0 fully saturated rings.